The van der Waals surface area contributed by atoms with Crippen molar-refractivity contribution in [2.75, 3.05) is 53.0 Å². The molecule has 0 aromatic heterocycles. The van der Waals surface area contributed by atoms with Gasteiger partial charge in [-0.3, -0.25) is 33.7 Å². The lowest BCUT2D eigenvalue weighted by Gasteiger charge is -2.50. The molecule has 3 aliphatic heterocycles. The Hall–Kier alpha value is -5.39. The van der Waals surface area contributed by atoms with Crippen molar-refractivity contribution < 1.29 is 89.8 Å². The van der Waals surface area contributed by atoms with Crippen LogP contribution in [0.1, 0.15) is 75.4 Å². The fraction of sp³-hybridized carbons (Fsp3) is 0.650. The zero-order chi connectivity index (χ0) is 47.4. The topological polar surface area (TPSA) is 261 Å². The van der Waals surface area contributed by atoms with Crippen LogP contribution in [0.4, 0.5) is 13.2 Å². The minimum atomic E-state index is -5.08. The van der Waals surface area contributed by atoms with E-state index in [4.69, 9.17) is 43.1 Å². The number of aliphatic carboxylic acids is 1. The summed E-state index contributed by atoms with van der Waals surface area (Å²) in [5.41, 5.74) is -0.952. The highest BCUT2D eigenvalue weighted by Crippen LogP contribution is 2.39. The summed E-state index contributed by atoms with van der Waals surface area (Å²) in [5.74, 6) is -7.37. The van der Waals surface area contributed by atoms with Gasteiger partial charge in [-0.15, -0.1) is 0 Å². The number of rotatable bonds is 14. The Morgan fingerprint density at radius 2 is 1.59 bits per heavy atom. The van der Waals surface area contributed by atoms with Crippen molar-refractivity contribution in [2.45, 2.75) is 116 Å². The van der Waals surface area contributed by atoms with Crippen molar-refractivity contribution in [3.05, 3.63) is 28.8 Å². The molecule has 23 heteroatoms. The molecule has 0 aliphatic carbocycles. The number of carboxylic acids is 1. The Labute approximate surface area is 361 Å². The van der Waals surface area contributed by atoms with E-state index in [9.17, 15) is 46.7 Å². The van der Waals surface area contributed by atoms with Gasteiger partial charge in [0.25, 0.3) is 5.91 Å². The molecule has 20 nitrogen and oxygen atoms in total. The van der Waals surface area contributed by atoms with E-state index in [-0.39, 0.29) is 23.9 Å². The molecule has 3 fully saturated rings. The van der Waals surface area contributed by atoms with E-state index in [2.05, 4.69) is 20.9 Å². The molecule has 4 rings (SSSR count). The molecule has 0 radical (unpaired) electrons. The van der Waals surface area contributed by atoms with E-state index < -0.39 is 96.4 Å². The van der Waals surface area contributed by atoms with Crippen molar-refractivity contribution in [3.8, 4) is 5.75 Å². The van der Waals surface area contributed by atoms with E-state index in [1.54, 1.807) is 13.8 Å². The second-order valence-corrected chi connectivity index (χ2v) is 15.4. The van der Waals surface area contributed by atoms with Gasteiger partial charge >= 0.3 is 42.0 Å². The number of benzene rings is 1. The average Bonchev–Trinajstić information content (AvgIpc) is 3.64. The number of morpholine rings is 1. The molecule has 352 valence electrons. The maximum absolute atomic E-state index is 14.0. The molecule has 3 heterocycles. The third-order valence-electron chi connectivity index (χ3n) is 10.4. The van der Waals surface area contributed by atoms with Crippen LogP contribution in [-0.4, -0.2) is 158 Å². The highest BCUT2D eigenvalue weighted by molar-refractivity contribution is 5.95. The smallest absolute Gasteiger partial charge is 0.475 e. The summed E-state index contributed by atoms with van der Waals surface area (Å²) in [4.78, 5) is 101. The number of hydrogen-bond donors (Lipinski definition) is 4. The van der Waals surface area contributed by atoms with Gasteiger partial charge in [0, 0.05) is 72.7 Å². The summed E-state index contributed by atoms with van der Waals surface area (Å²) < 4.78 is 72.1. The zero-order valence-corrected chi connectivity index (χ0v) is 36.3. The van der Waals surface area contributed by atoms with Crippen LogP contribution in [0.5, 0.6) is 5.75 Å². The summed E-state index contributed by atoms with van der Waals surface area (Å²) in [6.45, 7) is 12.1. The van der Waals surface area contributed by atoms with Gasteiger partial charge in [0.1, 0.15) is 18.0 Å². The minimum Gasteiger partial charge on any atom is -0.475 e. The Balaban J connectivity index is 0.00000139. The first-order chi connectivity index (χ1) is 29.3. The average molecular weight is 905 g/mol. The van der Waals surface area contributed by atoms with Gasteiger partial charge in [-0.05, 0) is 50.1 Å². The van der Waals surface area contributed by atoms with Crippen molar-refractivity contribution in [1.29, 1.82) is 0 Å². The number of amides is 2. The molecule has 1 aromatic rings. The molecule has 2 amide bonds. The first kappa shape index (κ1) is 52.0. The number of nitrogens with zero attached hydrogens (tertiary/aromatic N) is 1. The fourth-order valence-electron chi connectivity index (χ4n) is 7.85. The van der Waals surface area contributed by atoms with Crippen LogP contribution in [0.25, 0.3) is 0 Å². The molecule has 1 aromatic carbocycles. The second kappa shape index (κ2) is 22.3. The maximum atomic E-state index is 14.0. The van der Waals surface area contributed by atoms with E-state index >= 15 is 0 Å². The summed E-state index contributed by atoms with van der Waals surface area (Å²) in [5, 5.41) is 15.9. The van der Waals surface area contributed by atoms with Crippen LogP contribution in [-0.2, 0) is 62.0 Å². The van der Waals surface area contributed by atoms with Crippen LogP contribution in [0.2, 0.25) is 0 Å². The Morgan fingerprint density at radius 3 is 2.08 bits per heavy atom. The first-order valence-electron chi connectivity index (χ1n) is 19.8. The lowest BCUT2D eigenvalue weighted by molar-refractivity contribution is -0.242. The number of methoxy groups -OCH3 is 1. The summed E-state index contributed by atoms with van der Waals surface area (Å²) >= 11 is 0. The number of halogens is 3. The van der Waals surface area contributed by atoms with Gasteiger partial charge < -0.3 is 54.2 Å². The normalized spacial score (nSPS) is 24.3. The molecule has 0 saturated carbocycles. The Bertz CT molecular complexity index is 1850. The summed E-state index contributed by atoms with van der Waals surface area (Å²) in [7, 11) is 1.18. The van der Waals surface area contributed by atoms with E-state index in [0.29, 0.717) is 49.7 Å². The molecule has 0 bridgehead atoms. The molecule has 3 aliphatic rings. The summed E-state index contributed by atoms with van der Waals surface area (Å²) in [6.07, 6.45) is -10.3. The lowest BCUT2D eigenvalue weighted by Crippen LogP contribution is -2.69. The van der Waals surface area contributed by atoms with Gasteiger partial charge in [-0.25, -0.2) is 9.59 Å². The van der Waals surface area contributed by atoms with Gasteiger partial charge in [0.2, 0.25) is 5.91 Å². The van der Waals surface area contributed by atoms with Gasteiger partial charge in [0.05, 0.1) is 38.4 Å². The number of carbonyl (C=O) groups is 8. The van der Waals surface area contributed by atoms with Crippen molar-refractivity contribution in [1.82, 2.24) is 20.9 Å². The number of hydrogen-bond acceptors (Lipinski definition) is 17. The highest BCUT2D eigenvalue weighted by atomic mass is 19.4. The Kier molecular flexibility index (Phi) is 18.4. The largest absolute Gasteiger partial charge is 0.490 e. The van der Waals surface area contributed by atoms with E-state index in [1.165, 1.54) is 40.0 Å². The monoisotopic (exact) mass is 904 g/mol. The standard InChI is InChI=1S/C38H54N4O14.C2HF3O2/c1-21-15-28(16-22(2)32(21)54-26(6)46)35(48)40-18-30(53-25(5)45)33(55-27(7)47)34-31(41-23(3)43)29(52-24(4)44)17-38(56-34,36(49)50-8)10-12-42-13-14-51-20-37(42)9-11-39-19-37;3-2(4,5)1(6)7/h15-16,29-31,33-34,39H,9-14,17-20H2,1-8H3,(H,40,48)(H,41,43);(H,6,7)/t29-,30+,31+,33+,34+,37-,38+;/m0./s1. The molecule has 4 N–H and O–H groups in total. The predicted octanol–water partition coefficient (Wildman–Crippen LogP) is 1.05. The molecule has 7 atom stereocenters. The SMILES string of the molecule is COC(=O)[C@@]1(CCN2CCOC[C@@]23CCNC3)C[C@H](OC(C)=O)[C@@H](NC(C)=O)[C@H]([C@H](OC(C)=O)[C@@H](CNC(=O)c2cc(C)c(OC(C)=O)c(C)c2)OC(C)=O)O1.O=C(O)C(F)(F)F. The highest BCUT2D eigenvalue weighted by Gasteiger charge is 2.58. The minimum absolute atomic E-state index is 0.0201. The van der Waals surface area contributed by atoms with E-state index in [0.717, 1.165) is 26.8 Å². The zero-order valence-electron chi connectivity index (χ0n) is 36.3. The number of esters is 5. The number of ether oxygens (including phenoxy) is 7. The van der Waals surface area contributed by atoms with Crippen LogP contribution >= 0.6 is 0 Å². The number of nitrogens with one attached hydrogen (secondary N) is 3. The Morgan fingerprint density at radius 1 is 0.968 bits per heavy atom. The van der Waals surface area contributed by atoms with Gasteiger partial charge in [-0.1, -0.05) is 0 Å². The molecule has 63 heavy (non-hydrogen) atoms. The van der Waals surface area contributed by atoms with Crippen molar-refractivity contribution >= 4 is 47.6 Å². The molecular weight excluding hydrogens is 849 g/mol. The van der Waals surface area contributed by atoms with Gasteiger partial charge in [-0.2, -0.15) is 13.2 Å². The number of aryl methyl sites for hydroxylation is 2. The summed E-state index contributed by atoms with van der Waals surface area (Å²) in [6, 6.07) is 1.77. The van der Waals surface area contributed by atoms with Crippen LogP contribution in [0.3, 0.4) is 0 Å². The van der Waals surface area contributed by atoms with E-state index in [1.807, 2.05) is 0 Å². The second-order valence-electron chi connectivity index (χ2n) is 15.4. The molecular formula is C40H55F3N4O16. The van der Waals surface area contributed by atoms with Crippen molar-refractivity contribution in [2.24, 2.45) is 0 Å². The maximum Gasteiger partial charge on any atom is 0.490 e. The third-order valence-corrected chi connectivity index (χ3v) is 10.4. The van der Waals surface area contributed by atoms with Crippen LogP contribution < -0.4 is 20.7 Å². The quantitative estimate of drug-likeness (QED) is 0.116. The first-order valence-corrected chi connectivity index (χ1v) is 19.8. The molecule has 1 spiro atoms. The number of alkyl halides is 3. The third kappa shape index (κ3) is 14.3. The predicted molar refractivity (Wildman–Crippen MR) is 209 cm³/mol. The molecule has 3 saturated heterocycles. The molecule has 0 unspecified atom stereocenters. The number of carboxylic acid groups (broad SMARTS) is 1. The number of carbonyl (C=O) groups excluding carboxylic acids is 7. The van der Waals surface area contributed by atoms with Gasteiger partial charge in [0.15, 0.2) is 17.8 Å². The lowest BCUT2D eigenvalue weighted by atomic mass is 9.81. The fourth-order valence-corrected chi connectivity index (χ4v) is 7.85. The van der Waals surface area contributed by atoms with Crippen LogP contribution in [0.15, 0.2) is 12.1 Å². The van der Waals surface area contributed by atoms with Crippen LogP contribution in [0, 0.1) is 13.8 Å². The van der Waals surface area contributed by atoms with Crippen molar-refractivity contribution in [3.63, 3.8) is 0 Å².